The molecule has 0 bridgehead atoms. The van der Waals surface area contributed by atoms with Crippen molar-refractivity contribution in [3.8, 4) is 22.5 Å². The molecule has 0 saturated heterocycles. The smallest absolute Gasteiger partial charge is 0.345 e. The minimum Gasteiger partial charge on any atom is -0.422 e. The van der Waals surface area contributed by atoms with Crippen LogP contribution in [0.1, 0.15) is 11.1 Å². The predicted octanol–water partition coefficient (Wildman–Crippen LogP) is 11.5. The van der Waals surface area contributed by atoms with Crippen molar-refractivity contribution in [3.63, 3.8) is 0 Å². The maximum absolute atomic E-state index is 12.3. The van der Waals surface area contributed by atoms with Gasteiger partial charge in [0.15, 0.2) is 10.3 Å². The number of nitrogens with zero attached hydrogens (tertiary/aromatic N) is 2. The molecule has 8 nitrogen and oxygen atoms in total. The summed E-state index contributed by atoms with van der Waals surface area (Å²) in [6, 6.07) is 30.7. The molecule has 4 aromatic heterocycles. The molecule has 0 amide bonds. The topological polar surface area (TPSA) is 110 Å². The quantitative estimate of drug-likeness (QED) is 0.160. The standard InChI is InChI=1S/2C19H13BrN2O2S/c2*1-11-4-2-3-5-15(11)21-19-22-16(10-25-19)14-9-12-8-13(20)6-7-17(12)24-18(14)23/h2*2-10H,1H3,(H,21,22). The summed E-state index contributed by atoms with van der Waals surface area (Å²) in [4.78, 5) is 33.7. The van der Waals surface area contributed by atoms with Gasteiger partial charge in [-0.15, -0.1) is 22.7 Å². The molecule has 0 radical (unpaired) electrons. The van der Waals surface area contributed by atoms with Gasteiger partial charge in [0.2, 0.25) is 0 Å². The molecule has 248 valence electrons. The van der Waals surface area contributed by atoms with E-state index in [-0.39, 0.29) is 11.3 Å². The van der Waals surface area contributed by atoms with E-state index in [9.17, 15) is 9.59 Å². The number of anilines is 4. The normalized spacial score (nSPS) is 11.0. The van der Waals surface area contributed by atoms with Crippen molar-refractivity contribution in [3.05, 3.63) is 149 Å². The fraction of sp³-hybridized carbons (Fsp3) is 0.0526. The van der Waals surface area contributed by atoms with Gasteiger partial charge in [-0.2, -0.15) is 0 Å². The van der Waals surface area contributed by atoms with Gasteiger partial charge >= 0.3 is 11.3 Å². The molecule has 0 unspecified atom stereocenters. The molecule has 2 N–H and O–H groups in total. The van der Waals surface area contributed by atoms with E-state index < -0.39 is 0 Å². The molecule has 4 aromatic carbocycles. The Morgan fingerprint density at radius 2 is 1.00 bits per heavy atom. The Kier molecular flexibility index (Phi) is 9.77. The molecular formula is C38H26Br2N4O4S2. The van der Waals surface area contributed by atoms with Crippen LogP contribution in [-0.2, 0) is 0 Å². The number of hydrogen-bond acceptors (Lipinski definition) is 10. The number of benzene rings is 4. The van der Waals surface area contributed by atoms with E-state index in [2.05, 4.69) is 52.5 Å². The maximum Gasteiger partial charge on any atom is 0.345 e. The predicted molar refractivity (Wildman–Crippen MR) is 212 cm³/mol. The highest BCUT2D eigenvalue weighted by Gasteiger charge is 2.14. The van der Waals surface area contributed by atoms with Crippen molar-refractivity contribution in [1.29, 1.82) is 0 Å². The van der Waals surface area contributed by atoms with E-state index in [0.29, 0.717) is 33.7 Å². The lowest BCUT2D eigenvalue weighted by atomic mass is 10.1. The Labute approximate surface area is 310 Å². The summed E-state index contributed by atoms with van der Waals surface area (Å²) in [5, 5.41) is 13.5. The Morgan fingerprint density at radius 3 is 1.42 bits per heavy atom. The number of thiazole rings is 2. The van der Waals surface area contributed by atoms with Gasteiger partial charge in [-0.3, -0.25) is 0 Å². The lowest BCUT2D eigenvalue weighted by molar-refractivity contribution is 0.563. The number of para-hydroxylation sites is 2. The summed E-state index contributed by atoms with van der Waals surface area (Å²) < 4.78 is 12.7. The van der Waals surface area contributed by atoms with Crippen LogP contribution in [0.2, 0.25) is 0 Å². The zero-order valence-corrected chi connectivity index (χ0v) is 31.3. The second-order valence-electron chi connectivity index (χ2n) is 11.2. The number of fused-ring (bicyclic) bond motifs is 2. The van der Waals surface area contributed by atoms with E-state index in [4.69, 9.17) is 8.83 Å². The van der Waals surface area contributed by atoms with Gasteiger partial charge in [0, 0.05) is 41.9 Å². The van der Waals surface area contributed by atoms with E-state index >= 15 is 0 Å². The number of hydrogen-bond donors (Lipinski definition) is 2. The zero-order chi connectivity index (χ0) is 34.8. The summed E-state index contributed by atoms with van der Waals surface area (Å²) in [7, 11) is 0. The van der Waals surface area contributed by atoms with Crippen LogP contribution in [0.4, 0.5) is 21.6 Å². The van der Waals surface area contributed by atoms with Crippen molar-refractivity contribution < 1.29 is 8.83 Å². The Bertz CT molecular complexity index is 2450. The fourth-order valence-corrected chi connectivity index (χ4v) is 7.32. The van der Waals surface area contributed by atoms with Gasteiger partial charge in [0.25, 0.3) is 0 Å². The highest BCUT2D eigenvalue weighted by atomic mass is 79.9. The van der Waals surface area contributed by atoms with Crippen molar-refractivity contribution >= 4 is 98.1 Å². The molecule has 0 aliphatic heterocycles. The van der Waals surface area contributed by atoms with Crippen LogP contribution in [0.3, 0.4) is 0 Å². The Hall–Kier alpha value is -4.88. The molecule has 12 heteroatoms. The molecule has 8 aromatic rings. The molecule has 0 atom stereocenters. The first-order valence-electron chi connectivity index (χ1n) is 15.2. The van der Waals surface area contributed by atoms with E-state index in [1.54, 1.807) is 12.1 Å². The third-order valence-electron chi connectivity index (χ3n) is 7.72. The first kappa shape index (κ1) is 33.6. The highest BCUT2D eigenvalue weighted by Crippen LogP contribution is 2.31. The van der Waals surface area contributed by atoms with Crippen LogP contribution in [0.25, 0.3) is 44.5 Å². The molecule has 0 aliphatic carbocycles. The van der Waals surface area contributed by atoms with Gasteiger partial charge in [-0.05, 0) is 85.6 Å². The van der Waals surface area contributed by atoms with Gasteiger partial charge in [0.05, 0.1) is 22.5 Å². The molecule has 4 heterocycles. The van der Waals surface area contributed by atoms with Crippen molar-refractivity contribution in [1.82, 2.24) is 9.97 Å². The van der Waals surface area contributed by atoms with Crippen molar-refractivity contribution in [2.75, 3.05) is 10.6 Å². The van der Waals surface area contributed by atoms with E-state index in [0.717, 1.165) is 52.5 Å². The highest BCUT2D eigenvalue weighted by molar-refractivity contribution is 9.10. The van der Waals surface area contributed by atoms with Gasteiger partial charge in [-0.25, -0.2) is 19.6 Å². The SMILES string of the molecule is Cc1ccccc1Nc1nc(-c2cc3cc(Br)ccc3oc2=O)cs1.Cc1ccccc1Nc1nc(-c2cc3cc(Br)ccc3oc2=O)cs1. The van der Waals surface area contributed by atoms with Crippen molar-refractivity contribution in [2.24, 2.45) is 0 Å². The number of aromatic nitrogens is 2. The van der Waals surface area contributed by atoms with Gasteiger partial charge < -0.3 is 19.5 Å². The third-order valence-corrected chi connectivity index (χ3v) is 10.2. The molecular weight excluding hydrogens is 800 g/mol. The van der Waals surface area contributed by atoms with Crippen LogP contribution in [-0.4, -0.2) is 9.97 Å². The minimum atomic E-state index is -0.387. The lowest BCUT2D eigenvalue weighted by Crippen LogP contribution is -2.03. The van der Waals surface area contributed by atoms with Gasteiger partial charge in [0.1, 0.15) is 11.2 Å². The zero-order valence-electron chi connectivity index (χ0n) is 26.5. The minimum absolute atomic E-state index is 0.387. The first-order valence-corrected chi connectivity index (χ1v) is 18.6. The number of rotatable bonds is 6. The summed E-state index contributed by atoms with van der Waals surface area (Å²) in [6.45, 7) is 4.07. The summed E-state index contributed by atoms with van der Waals surface area (Å²) in [6.07, 6.45) is 0. The van der Waals surface area contributed by atoms with Crippen LogP contribution in [0.5, 0.6) is 0 Å². The van der Waals surface area contributed by atoms with E-state index in [1.807, 2.05) is 110 Å². The van der Waals surface area contributed by atoms with Crippen LogP contribution in [0, 0.1) is 13.8 Å². The van der Waals surface area contributed by atoms with Crippen LogP contribution >= 0.6 is 54.5 Å². The Balaban J connectivity index is 0.000000157. The van der Waals surface area contributed by atoms with E-state index in [1.165, 1.54) is 22.7 Å². The monoisotopic (exact) mass is 824 g/mol. The average molecular weight is 827 g/mol. The third kappa shape index (κ3) is 7.48. The lowest BCUT2D eigenvalue weighted by Gasteiger charge is -2.05. The Morgan fingerprint density at radius 1 is 0.580 bits per heavy atom. The fourth-order valence-electron chi connectivity index (χ4n) is 5.11. The van der Waals surface area contributed by atoms with Crippen molar-refractivity contribution in [2.45, 2.75) is 13.8 Å². The van der Waals surface area contributed by atoms with Crippen LogP contribution in [0.15, 0.2) is 135 Å². The largest absolute Gasteiger partial charge is 0.422 e. The number of aryl methyl sites for hydroxylation is 2. The summed E-state index contributed by atoms with van der Waals surface area (Å²) in [5.41, 5.74) is 6.74. The molecule has 0 fully saturated rings. The molecule has 0 saturated carbocycles. The summed E-state index contributed by atoms with van der Waals surface area (Å²) >= 11 is 9.78. The second-order valence-corrected chi connectivity index (χ2v) is 14.8. The van der Waals surface area contributed by atoms with Crippen LogP contribution < -0.4 is 21.9 Å². The number of nitrogens with one attached hydrogen (secondary N) is 2. The molecule has 0 spiro atoms. The molecule has 8 rings (SSSR count). The van der Waals surface area contributed by atoms with Gasteiger partial charge in [-0.1, -0.05) is 68.3 Å². The average Bonchev–Trinajstić information content (AvgIpc) is 3.77. The number of halogens is 2. The maximum atomic E-state index is 12.3. The second kappa shape index (κ2) is 14.5. The summed E-state index contributed by atoms with van der Waals surface area (Å²) in [5.74, 6) is 0. The molecule has 50 heavy (non-hydrogen) atoms. The molecule has 0 aliphatic rings. The first-order chi connectivity index (χ1) is 24.2.